The molecule has 0 unspecified atom stereocenters. The summed E-state index contributed by atoms with van der Waals surface area (Å²) in [6.45, 7) is 4.04. The first-order valence-electron chi connectivity index (χ1n) is 13.4. The van der Waals surface area contributed by atoms with Crippen LogP contribution in [0.15, 0.2) is 60.9 Å². The van der Waals surface area contributed by atoms with Crippen LogP contribution in [0.5, 0.6) is 11.5 Å². The van der Waals surface area contributed by atoms with Gasteiger partial charge in [-0.15, -0.1) is 0 Å². The van der Waals surface area contributed by atoms with Gasteiger partial charge in [-0.3, -0.25) is 5.41 Å². The zero-order chi connectivity index (χ0) is 28.6. The number of anilines is 2. The summed E-state index contributed by atoms with van der Waals surface area (Å²) in [5.41, 5.74) is 12.2. The van der Waals surface area contributed by atoms with Crippen molar-refractivity contribution >= 4 is 23.6 Å². The van der Waals surface area contributed by atoms with Gasteiger partial charge in [-0.25, -0.2) is 9.97 Å². The van der Waals surface area contributed by atoms with E-state index >= 15 is 0 Å². The second-order valence-electron chi connectivity index (χ2n) is 9.57. The van der Waals surface area contributed by atoms with Crippen LogP contribution < -0.4 is 26.8 Å². The number of ether oxygens (including phenoxy) is 1. The first-order valence-corrected chi connectivity index (χ1v) is 13.4. The first kappa shape index (κ1) is 31.4. The van der Waals surface area contributed by atoms with Crippen molar-refractivity contribution in [3.05, 3.63) is 72.1 Å². The minimum absolute atomic E-state index is 0.288. The van der Waals surface area contributed by atoms with Gasteiger partial charge in [0.05, 0.1) is 11.3 Å². The summed E-state index contributed by atoms with van der Waals surface area (Å²) >= 11 is 0. The second-order valence-corrected chi connectivity index (χ2v) is 9.57. The van der Waals surface area contributed by atoms with Crippen molar-refractivity contribution < 1.29 is 9.53 Å². The van der Waals surface area contributed by atoms with Gasteiger partial charge in [0.15, 0.2) is 0 Å². The van der Waals surface area contributed by atoms with Crippen LogP contribution in [-0.2, 0) is 4.79 Å². The largest absolute Gasteiger partial charge is 0.457 e. The van der Waals surface area contributed by atoms with Gasteiger partial charge >= 0.3 is 0 Å². The SMILES string of the molecule is CC(C)CC=O.CN.CNC1CCC(Nc2ncnc(N)c2C(=N)c2ccc(Oc3ccccc3)cc2)CC1. The van der Waals surface area contributed by atoms with Crippen LogP contribution in [0.1, 0.15) is 57.1 Å². The number of aldehydes is 1. The molecular formula is C30H43N7O2. The number of benzene rings is 2. The Labute approximate surface area is 232 Å². The van der Waals surface area contributed by atoms with E-state index in [1.54, 1.807) is 0 Å². The highest BCUT2D eigenvalue weighted by molar-refractivity contribution is 6.16. The van der Waals surface area contributed by atoms with Crippen LogP contribution in [-0.4, -0.2) is 48.1 Å². The molecule has 1 aliphatic carbocycles. The monoisotopic (exact) mass is 533 g/mol. The van der Waals surface area contributed by atoms with Gasteiger partial charge in [0.25, 0.3) is 0 Å². The van der Waals surface area contributed by atoms with Crippen LogP contribution in [0.2, 0.25) is 0 Å². The summed E-state index contributed by atoms with van der Waals surface area (Å²) in [4.78, 5) is 18.2. The fourth-order valence-corrected chi connectivity index (χ4v) is 4.13. The number of hydrogen-bond acceptors (Lipinski definition) is 9. The van der Waals surface area contributed by atoms with Crippen LogP contribution in [0.3, 0.4) is 0 Å². The summed E-state index contributed by atoms with van der Waals surface area (Å²) in [5.74, 6) is 2.93. The number of carbonyl (C=O) groups excluding carboxylic acids is 1. The van der Waals surface area contributed by atoms with Crippen molar-refractivity contribution in [2.75, 3.05) is 25.1 Å². The van der Waals surface area contributed by atoms with E-state index in [2.05, 4.69) is 26.3 Å². The normalized spacial score (nSPS) is 16.2. The van der Waals surface area contributed by atoms with E-state index in [0.29, 0.717) is 47.4 Å². The lowest BCUT2D eigenvalue weighted by Crippen LogP contribution is -2.35. The standard InChI is InChI=1S/C24H28N6O.C5H10O.CH5N/c1-27-17-9-11-18(12-10-17)30-24-21(23(26)28-15-29-24)22(25)16-7-13-20(14-8-16)31-19-5-3-2-4-6-19;1-5(2)3-4-6;1-2/h2-8,13-15,17-18,25,27H,9-12H2,1H3,(H3,26,28,29,30);4-5H,3H2,1-2H3;2H2,1H3. The molecule has 9 nitrogen and oxygen atoms in total. The summed E-state index contributed by atoms with van der Waals surface area (Å²) in [5, 5.41) is 15.6. The summed E-state index contributed by atoms with van der Waals surface area (Å²) in [6.07, 6.45) is 7.42. The molecule has 3 aromatic rings. The number of nitrogens with one attached hydrogen (secondary N) is 3. The van der Waals surface area contributed by atoms with E-state index in [0.717, 1.165) is 43.3 Å². The average Bonchev–Trinajstić information content (AvgIpc) is 2.96. The highest BCUT2D eigenvalue weighted by Gasteiger charge is 2.23. The third-order valence-electron chi connectivity index (χ3n) is 6.29. The van der Waals surface area contributed by atoms with E-state index in [1.807, 2.05) is 75.5 Å². The topological polar surface area (TPSA) is 152 Å². The predicted molar refractivity (Wildman–Crippen MR) is 160 cm³/mol. The number of para-hydroxylation sites is 1. The number of nitrogen functional groups attached to an aromatic ring is 1. The second kappa shape index (κ2) is 16.9. The molecule has 0 saturated heterocycles. The van der Waals surface area contributed by atoms with Gasteiger partial charge in [-0.05, 0) is 82.1 Å². The number of carbonyl (C=O) groups is 1. The number of aromatic nitrogens is 2. The quantitative estimate of drug-likeness (QED) is 0.190. The molecule has 0 bridgehead atoms. The highest BCUT2D eigenvalue weighted by atomic mass is 16.5. The Balaban J connectivity index is 0.000000590. The van der Waals surface area contributed by atoms with Gasteiger partial charge in [-0.1, -0.05) is 32.0 Å². The minimum atomic E-state index is 0.288. The van der Waals surface area contributed by atoms with Gasteiger partial charge in [0, 0.05) is 24.1 Å². The molecule has 0 radical (unpaired) electrons. The summed E-state index contributed by atoms with van der Waals surface area (Å²) < 4.78 is 5.85. The zero-order valence-electron chi connectivity index (χ0n) is 23.5. The van der Waals surface area contributed by atoms with Crippen LogP contribution >= 0.6 is 0 Å². The number of nitrogens with zero attached hydrogens (tertiary/aromatic N) is 2. The maximum absolute atomic E-state index is 9.62. The van der Waals surface area contributed by atoms with E-state index in [4.69, 9.17) is 15.9 Å². The van der Waals surface area contributed by atoms with Crippen LogP contribution in [0, 0.1) is 11.3 Å². The van der Waals surface area contributed by atoms with Crippen molar-refractivity contribution in [3.63, 3.8) is 0 Å². The van der Waals surface area contributed by atoms with Gasteiger partial charge in [0.2, 0.25) is 0 Å². The average molecular weight is 534 g/mol. The molecule has 0 atom stereocenters. The summed E-state index contributed by atoms with van der Waals surface area (Å²) in [6, 6.07) is 17.9. The molecule has 210 valence electrons. The van der Waals surface area contributed by atoms with Gasteiger partial charge < -0.3 is 31.6 Å². The van der Waals surface area contributed by atoms with E-state index in [-0.39, 0.29) is 5.71 Å². The Morgan fingerprint density at radius 3 is 2.13 bits per heavy atom. The third kappa shape index (κ3) is 10.1. The zero-order valence-corrected chi connectivity index (χ0v) is 23.5. The van der Waals surface area contributed by atoms with Crippen molar-refractivity contribution in [3.8, 4) is 11.5 Å². The Kier molecular flexibility index (Phi) is 13.6. The lowest BCUT2D eigenvalue weighted by Gasteiger charge is -2.29. The van der Waals surface area contributed by atoms with Crippen molar-refractivity contribution in [1.29, 1.82) is 5.41 Å². The van der Waals surface area contributed by atoms with E-state index in [1.165, 1.54) is 13.4 Å². The lowest BCUT2D eigenvalue weighted by atomic mass is 9.91. The van der Waals surface area contributed by atoms with E-state index < -0.39 is 0 Å². The number of rotatable bonds is 9. The van der Waals surface area contributed by atoms with Crippen LogP contribution in [0.4, 0.5) is 11.6 Å². The molecular weight excluding hydrogens is 490 g/mol. The molecule has 1 aliphatic rings. The fraction of sp³-hybridized carbons (Fsp3) is 0.400. The minimum Gasteiger partial charge on any atom is -0.457 e. The molecule has 1 aromatic heterocycles. The van der Waals surface area contributed by atoms with E-state index in [9.17, 15) is 4.79 Å². The summed E-state index contributed by atoms with van der Waals surface area (Å²) in [7, 11) is 3.51. The molecule has 7 N–H and O–H groups in total. The third-order valence-corrected chi connectivity index (χ3v) is 6.29. The molecule has 4 rings (SSSR count). The molecule has 1 fully saturated rings. The smallest absolute Gasteiger partial charge is 0.141 e. The maximum atomic E-state index is 9.62. The van der Waals surface area contributed by atoms with Gasteiger partial charge in [-0.2, -0.15) is 0 Å². The van der Waals surface area contributed by atoms with Crippen molar-refractivity contribution in [2.24, 2.45) is 11.7 Å². The lowest BCUT2D eigenvalue weighted by molar-refractivity contribution is -0.108. The fourth-order valence-electron chi connectivity index (χ4n) is 4.13. The predicted octanol–water partition coefficient (Wildman–Crippen LogP) is 5.02. The molecule has 0 amide bonds. The Morgan fingerprint density at radius 2 is 1.59 bits per heavy atom. The Hall–Kier alpha value is -3.82. The highest BCUT2D eigenvalue weighted by Crippen LogP contribution is 2.27. The first-order chi connectivity index (χ1) is 18.9. The number of hydrogen-bond donors (Lipinski definition) is 5. The molecule has 1 heterocycles. The molecule has 39 heavy (non-hydrogen) atoms. The molecule has 9 heteroatoms. The maximum Gasteiger partial charge on any atom is 0.141 e. The molecule has 1 saturated carbocycles. The number of nitrogens with two attached hydrogens (primary N) is 2. The van der Waals surface area contributed by atoms with Gasteiger partial charge in [0.1, 0.15) is 35.7 Å². The van der Waals surface area contributed by atoms with Crippen molar-refractivity contribution in [1.82, 2.24) is 15.3 Å². The molecule has 2 aromatic carbocycles. The van der Waals surface area contributed by atoms with Crippen LogP contribution in [0.25, 0.3) is 0 Å². The Morgan fingerprint density at radius 1 is 1.00 bits per heavy atom. The van der Waals surface area contributed by atoms with Crippen molar-refractivity contribution in [2.45, 2.75) is 58.0 Å². The Bertz CT molecular complexity index is 1130. The molecule has 0 aliphatic heterocycles. The molecule has 0 spiro atoms.